The Kier molecular flexibility index (Phi) is 8.72. The van der Waals surface area contributed by atoms with Gasteiger partial charge in [-0.05, 0) is 48.6 Å². The maximum Gasteiger partial charge on any atom is 0.257 e. The Morgan fingerprint density at radius 3 is 2.83 bits per heavy atom. The number of morpholine rings is 1. The summed E-state index contributed by atoms with van der Waals surface area (Å²) in [5, 5.41) is 15.3. The van der Waals surface area contributed by atoms with E-state index in [1.165, 1.54) is 12.3 Å². The number of anilines is 3. The first-order chi connectivity index (χ1) is 23.1. The molecule has 0 aliphatic carbocycles. The monoisotopic (exact) mass is 628 g/mol. The topological polar surface area (TPSA) is 139 Å². The van der Waals surface area contributed by atoms with Gasteiger partial charge < -0.3 is 24.8 Å². The van der Waals surface area contributed by atoms with Crippen molar-refractivity contribution in [2.75, 3.05) is 57.2 Å². The summed E-state index contributed by atoms with van der Waals surface area (Å²) in [5.41, 5.74) is 6.81. The fourth-order valence-corrected chi connectivity index (χ4v) is 5.44. The lowest BCUT2D eigenvalue weighted by molar-refractivity contribution is -0.112. The zero-order valence-corrected chi connectivity index (χ0v) is 25.7. The van der Waals surface area contributed by atoms with E-state index in [4.69, 9.17) is 24.2 Å². The number of nitrogens with one attached hydrogen (secondary N) is 3. The summed E-state index contributed by atoms with van der Waals surface area (Å²) >= 11 is 0. The number of nitrogens with zero attached hydrogens (tertiary/aromatic N) is 5. The Morgan fingerprint density at radius 2 is 1.98 bits per heavy atom. The molecule has 12 heteroatoms. The van der Waals surface area contributed by atoms with Gasteiger partial charge in [0.1, 0.15) is 5.82 Å². The van der Waals surface area contributed by atoms with Crippen molar-refractivity contribution in [3.05, 3.63) is 84.4 Å². The predicted octanol–water partition coefficient (Wildman–Crippen LogP) is 5.24. The molecule has 236 valence electrons. The molecule has 0 radical (unpaired) electrons. The van der Waals surface area contributed by atoms with E-state index in [2.05, 4.69) is 42.3 Å². The maximum atomic E-state index is 12.8. The van der Waals surface area contributed by atoms with E-state index in [1.807, 2.05) is 48.5 Å². The van der Waals surface area contributed by atoms with Gasteiger partial charge in [-0.3, -0.25) is 14.8 Å². The predicted molar refractivity (Wildman–Crippen MR) is 181 cm³/mol. The van der Waals surface area contributed by atoms with Gasteiger partial charge in [0, 0.05) is 65.4 Å². The van der Waals surface area contributed by atoms with Crippen LogP contribution in [0.3, 0.4) is 0 Å². The Labute approximate surface area is 270 Å². The van der Waals surface area contributed by atoms with E-state index in [1.54, 1.807) is 19.4 Å². The Bertz CT molecular complexity index is 2090. The van der Waals surface area contributed by atoms with Crippen LogP contribution < -0.4 is 20.1 Å². The van der Waals surface area contributed by atoms with Crippen molar-refractivity contribution in [1.29, 1.82) is 0 Å². The minimum atomic E-state index is -0.307. The summed E-state index contributed by atoms with van der Waals surface area (Å²) in [4.78, 5) is 28.9. The molecule has 1 amide bonds. The number of ether oxygens (including phenoxy) is 3. The summed E-state index contributed by atoms with van der Waals surface area (Å²) in [7, 11) is 1.62. The van der Waals surface area contributed by atoms with Crippen LogP contribution in [0.1, 0.15) is 6.42 Å². The first-order valence-electron chi connectivity index (χ1n) is 15.3. The zero-order chi connectivity index (χ0) is 32.0. The molecule has 47 heavy (non-hydrogen) atoms. The van der Waals surface area contributed by atoms with E-state index in [-0.39, 0.29) is 5.91 Å². The molecule has 0 unspecified atom stereocenters. The van der Waals surface area contributed by atoms with Crippen molar-refractivity contribution < 1.29 is 19.0 Å². The van der Waals surface area contributed by atoms with Gasteiger partial charge in [0.25, 0.3) is 5.91 Å². The molecule has 0 spiro atoms. The maximum absolute atomic E-state index is 12.8. The van der Waals surface area contributed by atoms with E-state index >= 15 is 0 Å². The standard InChI is InChI=1S/C35H32N8O4/c1-45-31-20-30-28(19-32(31)47-14-4-11-43-12-15-46-16-13-43)34(38-27-8-9-29-25(18-27)22-37-42-29)41-33(40-30)23-5-2-7-26(17-23)39-35(44)24-6-3-10-36-21-24/h2,5-9,17-22H,4,11-16H2,1H3,(H,37,42)(H,39,44)(H,38,40,41). The van der Waals surface area contributed by atoms with Crippen LogP contribution in [0.2, 0.25) is 0 Å². The summed E-state index contributed by atoms with van der Waals surface area (Å²) < 4.78 is 17.5. The Hall–Kier alpha value is -5.77. The van der Waals surface area contributed by atoms with Crippen LogP contribution >= 0.6 is 0 Å². The lowest BCUT2D eigenvalue weighted by atomic mass is 10.1. The number of aliphatic imine (C=N–C) groups is 1. The Balaban J connectivity index is 1.21. The molecule has 4 heterocycles. The molecule has 12 nitrogen and oxygen atoms in total. The average molecular weight is 629 g/mol. The minimum absolute atomic E-state index is 0.307. The van der Waals surface area contributed by atoms with E-state index < -0.39 is 0 Å². The second-order valence-corrected chi connectivity index (χ2v) is 11.0. The van der Waals surface area contributed by atoms with E-state index in [0.29, 0.717) is 52.1 Å². The van der Waals surface area contributed by atoms with Gasteiger partial charge in [-0.2, -0.15) is 5.10 Å². The molecular weight excluding hydrogens is 596 g/mol. The van der Waals surface area contributed by atoms with Crippen molar-refractivity contribution in [2.24, 2.45) is 4.99 Å². The summed E-state index contributed by atoms with van der Waals surface area (Å²) in [6.07, 6.45) is 5.62. The summed E-state index contributed by atoms with van der Waals surface area (Å²) in [5.74, 6) is 4.49. The SMILES string of the molecule is COc1cc2nc(-c3cccc(NC(=O)C4=CN=C=C=C4)c3)nc(Nc3ccc4[nH]ncc4c3)c2cc1OCCCN1CCOCC1. The molecule has 5 aromatic rings. The number of fused-ring (bicyclic) bond motifs is 2. The molecule has 0 atom stereocenters. The lowest BCUT2D eigenvalue weighted by Crippen LogP contribution is -2.37. The van der Waals surface area contributed by atoms with Crippen molar-refractivity contribution >= 4 is 50.8 Å². The van der Waals surface area contributed by atoms with Crippen molar-refractivity contribution in [1.82, 2.24) is 25.1 Å². The smallest absolute Gasteiger partial charge is 0.257 e. The van der Waals surface area contributed by atoms with Gasteiger partial charge in [0.15, 0.2) is 17.3 Å². The molecule has 2 aromatic heterocycles. The highest BCUT2D eigenvalue weighted by molar-refractivity contribution is 6.06. The normalized spacial score (nSPS) is 14.4. The fraction of sp³-hybridized carbons (Fsp3) is 0.229. The van der Waals surface area contributed by atoms with Crippen LogP contribution in [-0.4, -0.2) is 83.4 Å². The number of H-pyrrole nitrogens is 1. The number of aromatic amines is 1. The number of benzene rings is 3. The largest absolute Gasteiger partial charge is 0.493 e. The lowest BCUT2D eigenvalue weighted by Gasteiger charge is -2.26. The van der Waals surface area contributed by atoms with Gasteiger partial charge in [-0.1, -0.05) is 12.1 Å². The number of hydrogen-bond acceptors (Lipinski definition) is 10. The third-order valence-electron chi connectivity index (χ3n) is 7.87. The highest BCUT2D eigenvalue weighted by atomic mass is 16.5. The zero-order valence-electron chi connectivity index (χ0n) is 25.7. The fourth-order valence-electron chi connectivity index (χ4n) is 5.44. The van der Waals surface area contributed by atoms with Crippen LogP contribution in [-0.2, 0) is 9.53 Å². The van der Waals surface area contributed by atoms with Crippen LogP contribution in [0.5, 0.6) is 11.5 Å². The third kappa shape index (κ3) is 6.91. The molecule has 0 bridgehead atoms. The number of aromatic nitrogens is 4. The number of amides is 1. The highest BCUT2D eigenvalue weighted by Gasteiger charge is 2.17. The third-order valence-corrected chi connectivity index (χ3v) is 7.87. The molecular formula is C35H32N8O4. The van der Waals surface area contributed by atoms with Gasteiger partial charge in [-0.15, -0.1) is 0 Å². The number of carbonyl (C=O) groups is 1. The first-order valence-corrected chi connectivity index (χ1v) is 15.3. The van der Waals surface area contributed by atoms with Gasteiger partial charge in [0.05, 0.1) is 55.9 Å². The summed E-state index contributed by atoms with van der Waals surface area (Å²) in [6.45, 7) is 4.89. The molecule has 2 aliphatic heterocycles. The van der Waals surface area contributed by atoms with Crippen LogP contribution in [0.15, 0.2) is 89.4 Å². The van der Waals surface area contributed by atoms with E-state index in [9.17, 15) is 4.79 Å². The summed E-state index contributed by atoms with van der Waals surface area (Å²) in [6, 6.07) is 17.1. The van der Waals surface area contributed by atoms with Crippen molar-refractivity contribution in [3.8, 4) is 22.9 Å². The molecule has 1 saturated heterocycles. The van der Waals surface area contributed by atoms with Crippen molar-refractivity contribution in [2.45, 2.75) is 6.42 Å². The second-order valence-electron chi connectivity index (χ2n) is 11.0. The van der Waals surface area contributed by atoms with Gasteiger partial charge >= 0.3 is 0 Å². The number of carbonyl (C=O) groups excluding carboxylic acids is 1. The molecule has 7 rings (SSSR count). The molecule has 2 aliphatic rings. The van der Waals surface area contributed by atoms with Crippen LogP contribution in [0, 0.1) is 0 Å². The number of methoxy groups -OCH3 is 1. The molecule has 0 saturated carbocycles. The van der Waals surface area contributed by atoms with Gasteiger partial charge in [0.2, 0.25) is 0 Å². The van der Waals surface area contributed by atoms with Crippen molar-refractivity contribution in [3.63, 3.8) is 0 Å². The van der Waals surface area contributed by atoms with E-state index in [0.717, 1.165) is 61.2 Å². The number of rotatable bonds is 11. The Morgan fingerprint density at radius 1 is 1.06 bits per heavy atom. The highest BCUT2D eigenvalue weighted by Crippen LogP contribution is 2.37. The number of hydrogen-bond donors (Lipinski definition) is 3. The van der Waals surface area contributed by atoms with Crippen LogP contribution in [0.4, 0.5) is 17.2 Å². The molecule has 3 N–H and O–H groups in total. The van der Waals surface area contributed by atoms with Crippen LogP contribution in [0.25, 0.3) is 33.2 Å². The first kappa shape index (κ1) is 29.9. The average Bonchev–Trinajstić information content (AvgIpc) is 3.59. The minimum Gasteiger partial charge on any atom is -0.493 e. The van der Waals surface area contributed by atoms with Gasteiger partial charge in [-0.25, -0.2) is 15.0 Å². The quantitative estimate of drug-likeness (QED) is 0.132. The molecule has 1 fully saturated rings. The molecule has 3 aromatic carbocycles. The second kappa shape index (κ2) is 13.7.